The van der Waals surface area contributed by atoms with Crippen LogP contribution in [-0.2, 0) is 9.63 Å². The number of oxime groups is 1. The van der Waals surface area contributed by atoms with Crippen LogP contribution in [0.15, 0.2) is 53.7 Å². The number of halogens is 2. The average Bonchev–Trinajstić information content (AvgIpc) is 2.49. The number of hydrogen-bond donors (Lipinski definition) is 1. The molecular formula is C15H12F2N2O2. The molecule has 108 valence electrons. The van der Waals surface area contributed by atoms with Gasteiger partial charge in [-0.25, -0.2) is 8.78 Å². The van der Waals surface area contributed by atoms with Crippen molar-refractivity contribution in [1.82, 2.24) is 0 Å². The molecule has 0 aliphatic carbocycles. The molecule has 0 aliphatic heterocycles. The van der Waals surface area contributed by atoms with E-state index in [1.165, 1.54) is 12.3 Å². The molecule has 0 heterocycles. The van der Waals surface area contributed by atoms with Crippen LogP contribution in [0.5, 0.6) is 0 Å². The molecule has 0 aliphatic rings. The summed E-state index contributed by atoms with van der Waals surface area (Å²) >= 11 is 0. The Morgan fingerprint density at radius 2 is 1.90 bits per heavy atom. The van der Waals surface area contributed by atoms with Crippen molar-refractivity contribution in [2.24, 2.45) is 5.16 Å². The third kappa shape index (κ3) is 4.68. The van der Waals surface area contributed by atoms with E-state index in [1.807, 2.05) is 30.3 Å². The topological polar surface area (TPSA) is 50.7 Å². The summed E-state index contributed by atoms with van der Waals surface area (Å²) in [5, 5.41) is 6.00. The minimum Gasteiger partial charge on any atom is -0.386 e. The van der Waals surface area contributed by atoms with Crippen molar-refractivity contribution in [3.63, 3.8) is 0 Å². The van der Waals surface area contributed by atoms with Gasteiger partial charge in [0.1, 0.15) is 0 Å². The van der Waals surface area contributed by atoms with E-state index in [2.05, 4.69) is 10.5 Å². The van der Waals surface area contributed by atoms with Crippen molar-refractivity contribution in [3.05, 3.63) is 65.7 Å². The quantitative estimate of drug-likeness (QED) is 0.680. The van der Waals surface area contributed by atoms with Crippen molar-refractivity contribution in [2.75, 3.05) is 11.9 Å². The van der Waals surface area contributed by atoms with E-state index < -0.39 is 17.5 Å². The number of carbonyl (C=O) groups is 1. The van der Waals surface area contributed by atoms with E-state index in [1.54, 1.807) is 0 Å². The largest absolute Gasteiger partial charge is 0.386 e. The molecule has 0 saturated heterocycles. The average molecular weight is 290 g/mol. The number of anilines is 1. The molecule has 0 unspecified atom stereocenters. The van der Waals surface area contributed by atoms with Gasteiger partial charge in [0.2, 0.25) is 0 Å². The molecule has 4 nitrogen and oxygen atoms in total. The van der Waals surface area contributed by atoms with Crippen LogP contribution in [0, 0.1) is 11.6 Å². The third-order valence-electron chi connectivity index (χ3n) is 2.47. The molecule has 0 radical (unpaired) electrons. The highest BCUT2D eigenvalue weighted by atomic mass is 19.2. The predicted molar refractivity (Wildman–Crippen MR) is 75.0 cm³/mol. The second-order valence-electron chi connectivity index (χ2n) is 4.10. The lowest BCUT2D eigenvalue weighted by molar-refractivity contribution is -0.120. The van der Waals surface area contributed by atoms with E-state index in [0.717, 1.165) is 17.7 Å². The van der Waals surface area contributed by atoms with Crippen LogP contribution < -0.4 is 5.32 Å². The molecule has 0 spiro atoms. The molecule has 0 atom stereocenters. The molecule has 0 fully saturated rings. The van der Waals surface area contributed by atoms with Crippen LogP contribution in [0.25, 0.3) is 0 Å². The van der Waals surface area contributed by atoms with Gasteiger partial charge in [-0.05, 0) is 17.7 Å². The molecule has 6 heteroatoms. The Morgan fingerprint density at radius 1 is 1.14 bits per heavy atom. The number of nitrogens with one attached hydrogen (secondary N) is 1. The summed E-state index contributed by atoms with van der Waals surface area (Å²) in [7, 11) is 0. The Labute approximate surface area is 120 Å². The van der Waals surface area contributed by atoms with Gasteiger partial charge in [0.15, 0.2) is 18.2 Å². The first-order valence-electron chi connectivity index (χ1n) is 6.10. The highest BCUT2D eigenvalue weighted by Crippen LogP contribution is 2.12. The molecule has 1 amide bonds. The summed E-state index contributed by atoms with van der Waals surface area (Å²) in [5.74, 6) is -2.53. The van der Waals surface area contributed by atoms with Crippen molar-refractivity contribution in [1.29, 1.82) is 0 Å². The lowest BCUT2D eigenvalue weighted by atomic mass is 10.2. The summed E-state index contributed by atoms with van der Waals surface area (Å²) in [4.78, 5) is 16.3. The van der Waals surface area contributed by atoms with Gasteiger partial charge in [-0.3, -0.25) is 4.79 Å². The Morgan fingerprint density at radius 3 is 2.62 bits per heavy atom. The molecule has 0 aromatic heterocycles. The number of amides is 1. The van der Waals surface area contributed by atoms with Crippen molar-refractivity contribution < 1.29 is 18.4 Å². The zero-order chi connectivity index (χ0) is 15.1. The maximum atomic E-state index is 12.9. The predicted octanol–water partition coefficient (Wildman–Crippen LogP) is 2.95. The van der Waals surface area contributed by atoms with Gasteiger partial charge in [0.25, 0.3) is 5.91 Å². The highest BCUT2D eigenvalue weighted by Gasteiger charge is 2.06. The lowest BCUT2D eigenvalue weighted by Crippen LogP contribution is -2.17. The van der Waals surface area contributed by atoms with Crippen LogP contribution in [-0.4, -0.2) is 18.7 Å². The van der Waals surface area contributed by atoms with Gasteiger partial charge in [-0.2, -0.15) is 0 Å². The number of hydrogen-bond acceptors (Lipinski definition) is 3. The second kappa shape index (κ2) is 7.14. The zero-order valence-corrected chi connectivity index (χ0v) is 10.9. The number of carbonyl (C=O) groups excluding carboxylic acids is 1. The fraction of sp³-hybridized carbons (Fsp3) is 0.0667. The van der Waals surface area contributed by atoms with Crippen LogP contribution >= 0.6 is 0 Å². The Kier molecular flexibility index (Phi) is 4.98. The first-order chi connectivity index (χ1) is 10.1. The standard InChI is InChI=1S/C15H12F2N2O2/c16-13-7-6-12(8-14(13)17)19-15(20)10-21-18-9-11-4-2-1-3-5-11/h1-9H,10H2,(H,19,20)/b18-9-. The Balaban J connectivity index is 1.79. The first kappa shape index (κ1) is 14.6. The molecule has 2 rings (SSSR count). The summed E-state index contributed by atoms with van der Waals surface area (Å²) in [6.45, 7) is -0.331. The Hall–Kier alpha value is -2.76. The lowest BCUT2D eigenvalue weighted by Gasteiger charge is -2.04. The maximum Gasteiger partial charge on any atom is 0.265 e. The molecule has 21 heavy (non-hydrogen) atoms. The SMILES string of the molecule is O=C(CO/N=C\c1ccccc1)Nc1ccc(F)c(F)c1. The zero-order valence-electron chi connectivity index (χ0n) is 10.9. The summed E-state index contributed by atoms with van der Waals surface area (Å²) in [6, 6.07) is 12.3. The summed E-state index contributed by atoms with van der Waals surface area (Å²) in [5.41, 5.74) is 0.980. The number of benzene rings is 2. The van der Waals surface area contributed by atoms with E-state index in [4.69, 9.17) is 4.84 Å². The van der Waals surface area contributed by atoms with E-state index in [0.29, 0.717) is 0 Å². The highest BCUT2D eigenvalue weighted by molar-refractivity contribution is 5.91. The molecule has 2 aromatic rings. The van der Waals surface area contributed by atoms with E-state index in [-0.39, 0.29) is 12.3 Å². The van der Waals surface area contributed by atoms with Crippen LogP contribution in [0.4, 0.5) is 14.5 Å². The van der Waals surface area contributed by atoms with Crippen LogP contribution in [0.3, 0.4) is 0 Å². The van der Waals surface area contributed by atoms with Crippen molar-refractivity contribution >= 4 is 17.8 Å². The second-order valence-corrected chi connectivity index (χ2v) is 4.10. The third-order valence-corrected chi connectivity index (χ3v) is 2.47. The number of nitrogens with zero attached hydrogens (tertiary/aromatic N) is 1. The van der Waals surface area contributed by atoms with Gasteiger partial charge >= 0.3 is 0 Å². The maximum absolute atomic E-state index is 12.9. The van der Waals surface area contributed by atoms with Crippen LogP contribution in [0.1, 0.15) is 5.56 Å². The summed E-state index contributed by atoms with van der Waals surface area (Å²) in [6.07, 6.45) is 1.46. The van der Waals surface area contributed by atoms with Crippen LogP contribution in [0.2, 0.25) is 0 Å². The van der Waals surface area contributed by atoms with Gasteiger partial charge in [-0.1, -0.05) is 35.5 Å². The summed E-state index contributed by atoms with van der Waals surface area (Å²) < 4.78 is 25.7. The van der Waals surface area contributed by atoms with Gasteiger partial charge in [-0.15, -0.1) is 0 Å². The molecule has 0 saturated carbocycles. The molecular weight excluding hydrogens is 278 g/mol. The fourth-order valence-electron chi connectivity index (χ4n) is 1.50. The van der Waals surface area contributed by atoms with Gasteiger partial charge in [0, 0.05) is 11.8 Å². The molecule has 1 N–H and O–H groups in total. The molecule has 2 aromatic carbocycles. The molecule has 0 bridgehead atoms. The van der Waals surface area contributed by atoms with Crippen molar-refractivity contribution in [2.45, 2.75) is 0 Å². The first-order valence-corrected chi connectivity index (χ1v) is 6.10. The minimum absolute atomic E-state index is 0.148. The minimum atomic E-state index is -1.03. The monoisotopic (exact) mass is 290 g/mol. The fourth-order valence-corrected chi connectivity index (χ4v) is 1.50. The normalized spacial score (nSPS) is 10.6. The smallest absolute Gasteiger partial charge is 0.265 e. The number of rotatable bonds is 5. The van der Waals surface area contributed by atoms with Gasteiger partial charge < -0.3 is 10.2 Å². The van der Waals surface area contributed by atoms with E-state index in [9.17, 15) is 13.6 Å². The van der Waals surface area contributed by atoms with Crippen molar-refractivity contribution in [3.8, 4) is 0 Å². The van der Waals surface area contributed by atoms with E-state index >= 15 is 0 Å². The van der Waals surface area contributed by atoms with Gasteiger partial charge in [0.05, 0.1) is 6.21 Å². The Bertz CT molecular complexity index is 645.